The third-order valence-electron chi connectivity index (χ3n) is 4.21. The van der Waals surface area contributed by atoms with Crippen molar-refractivity contribution in [2.24, 2.45) is 0 Å². The van der Waals surface area contributed by atoms with Crippen LogP contribution in [-0.4, -0.2) is 24.7 Å². The molecule has 130 valence electrons. The highest BCUT2D eigenvalue weighted by molar-refractivity contribution is 6.30. The van der Waals surface area contributed by atoms with Gasteiger partial charge >= 0.3 is 0 Å². The highest BCUT2D eigenvalue weighted by Gasteiger charge is 2.11. The maximum atomic E-state index is 6.20. The van der Waals surface area contributed by atoms with Gasteiger partial charge in [0.05, 0.1) is 17.8 Å². The number of nitrogens with one attached hydrogen (secondary N) is 1. The van der Waals surface area contributed by atoms with Gasteiger partial charge in [0.2, 0.25) is 0 Å². The molecule has 0 saturated heterocycles. The van der Waals surface area contributed by atoms with E-state index in [1.165, 1.54) is 5.56 Å². The summed E-state index contributed by atoms with van der Waals surface area (Å²) < 4.78 is 5.21. The molecule has 1 unspecified atom stereocenters. The number of rotatable bonds is 6. The Bertz CT molecular complexity index is 879. The third-order valence-corrected chi connectivity index (χ3v) is 4.44. The fourth-order valence-electron chi connectivity index (χ4n) is 2.93. The van der Waals surface area contributed by atoms with Gasteiger partial charge in [-0.3, -0.25) is 0 Å². The van der Waals surface area contributed by atoms with Crippen LogP contribution in [0.4, 0.5) is 0 Å². The zero-order chi connectivity index (χ0) is 17.8. The number of fused-ring (bicyclic) bond motifs is 1. The van der Waals surface area contributed by atoms with Crippen molar-refractivity contribution >= 4 is 22.5 Å². The number of nitrogens with zero attached hydrogens (tertiary/aromatic N) is 1. The molecule has 0 aliphatic carbocycles. The molecule has 0 radical (unpaired) electrons. The fraction of sp³-hybridized carbons (Fsp3) is 0.286. The first-order valence-corrected chi connectivity index (χ1v) is 8.83. The molecule has 0 amide bonds. The van der Waals surface area contributed by atoms with Crippen LogP contribution in [0.3, 0.4) is 0 Å². The molecule has 2 aromatic carbocycles. The van der Waals surface area contributed by atoms with Gasteiger partial charge in [-0.15, -0.1) is 0 Å². The third kappa shape index (κ3) is 4.37. The van der Waals surface area contributed by atoms with Crippen molar-refractivity contribution in [1.82, 2.24) is 10.3 Å². The van der Waals surface area contributed by atoms with Crippen LogP contribution in [0, 0.1) is 6.92 Å². The van der Waals surface area contributed by atoms with E-state index in [9.17, 15) is 0 Å². The van der Waals surface area contributed by atoms with Gasteiger partial charge in [0.1, 0.15) is 0 Å². The van der Waals surface area contributed by atoms with Crippen LogP contribution in [0.15, 0.2) is 48.5 Å². The molecule has 0 spiro atoms. The van der Waals surface area contributed by atoms with Crippen LogP contribution in [0.2, 0.25) is 5.02 Å². The van der Waals surface area contributed by atoms with Crippen LogP contribution in [-0.2, 0) is 11.3 Å². The second-order valence-electron chi connectivity index (χ2n) is 6.44. The van der Waals surface area contributed by atoms with Crippen molar-refractivity contribution in [1.29, 1.82) is 0 Å². The monoisotopic (exact) mass is 354 g/mol. The van der Waals surface area contributed by atoms with Gasteiger partial charge in [0, 0.05) is 35.7 Å². The summed E-state index contributed by atoms with van der Waals surface area (Å²) in [5.74, 6) is 0. The maximum Gasteiger partial charge on any atom is 0.0755 e. The van der Waals surface area contributed by atoms with E-state index in [0.717, 1.165) is 39.3 Å². The molecule has 1 heterocycles. The molecule has 0 aliphatic rings. The average Bonchev–Trinajstić information content (AvgIpc) is 2.59. The minimum Gasteiger partial charge on any atom is -0.383 e. The molecule has 1 aromatic heterocycles. The SMILES string of the molecule is COCC(C)NCc1cc2ccc(C)cc2nc1-c1cccc(Cl)c1. The lowest BCUT2D eigenvalue weighted by atomic mass is 10.0. The Labute approximate surface area is 154 Å². The van der Waals surface area contributed by atoms with E-state index in [1.54, 1.807) is 7.11 Å². The van der Waals surface area contributed by atoms with Gasteiger partial charge in [-0.1, -0.05) is 35.9 Å². The van der Waals surface area contributed by atoms with E-state index in [4.69, 9.17) is 21.3 Å². The molecule has 1 N–H and O–H groups in total. The number of hydrogen-bond acceptors (Lipinski definition) is 3. The topological polar surface area (TPSA) is 34.1 Å². The summed E-state index contributed by atoms with van der Waals surface area (Å²) in [6, 6.07) is 16.7. The van der Waals surface area contributed by atoms with Gasteiger partial charge in [0.25, 0.3) is 0 Å². The summed E-state index contributed by atoms with van der Waals surface area (Å²) in [6.45, 7) is 5.60. The maximum absolute atomic E-state index is 6.20. The second kappa shape index (κ2) is 7.96. The van der Waals surface area contributed by atoms with Crippen molar-refractivity contribution in [3.63, 3.8) is 0 Å². The van der Waals surface area contributed by atoms with Crippen molar-refractivity contribution in [3.8, 4) is 11.3 Å². The average molecular weight is 355 g/mol. The summed E-state index contributed by atoms with van der Waals surface area (Å²) in [5.41, 5.74) is 5.37. The highest BCUT2D eigenvalue weighted by atomic mass is 35.5. The van der Waals surface area contributed by atoms with Crippen molar-refractivity contribution in [3.05, 3.63) is 64.7 Å². The quantitative estimate of drug-likeness (QED) is 0.677. The zero-order valence-electron chi connectivity index (χ0n) is 14.8. The van der Waals surface area contributed by atoms with Crippen LogP contribution in [0.1, 0.15) is 18.1 Å². The number of aromatic nitrogens is 1. The Hall–Kier alpha value is -1.94. The normalized spacial score (nSPS) is 12.5. The molecule has 0 fully saturated rings. The second-order valence-corrected chi connectivity index (χ2v) is 6.88. The molecule has 4 heteroatoms. The Kier molecular flexibility index (Phi) is 5.69. The summed E-state index contributed by atoms with van der Waals surface area (Å²) in [6.07, 6.45) is 0. The number of halogens is 1. The molecule has 0 bridgehead atoms. The molecule has 3 nitrogen and oxygen atoms in total. The lowest BCUT2D eigenvalue weighted by Gasteiger charge is -2.16. The minimum atomic E-state index is 0.269. The van der Waals surface area contributed by atoms with Crippen molar-refractivity contribution in [2.75, 3.05) is 13.7 Å². The van der Waals surface area contributed by atoms with E-state index >= 15 is 0 Å². The summed E-state index contributed by atoms with van der Waals surface area (Å²) >= 11 is 6.20. The Balaban J connectivity index is 2.05. The smallest absolute Gasteiger partial charge is 0.0755 e. The molecular weight excluding hydrogens is 332 g/mol. The van der Waals surface area contributed by atoms with Crippen molar-refractivity contribution in [2.45, 2.75) is 26.4 Å². The zero-order valence-corrected chi connectivity index (χ0v) is 15.6. The van der Waals surface area contributed by atoms with Gasteiger partial charge in [-0.05, 0) is 49.2 Å². The van der Waals surface area contributed by atoms with Crippen LogP contribution < -0.4 is 5.32 Å². The molecule has 3 aromatic rings. The number of hydrogen-bond donors (Lipinski definition) is 1. The van der Waals surface area contributed by atoms with E-state index in [-0.39, 0.29) is 6.04 Å². The number of benzene rings is 2. The summed E-state index contributed by atoms with van der Waals surface area (Å²) in [5, 5.41) is 5.37. The summed E-state index contributed by atoms with van der Waals surface area (Å²) in [4.78, 5) is 4.94. The standard InChI is InChI=1S/C21H23ClN2O/c1-14-7-8-16-10-18(12-23-15(2)13-25-3)21(24-20(16)9-14)17-5-4-6-19(22)11-17/h4-11,15,23H,12-13H2,1-3H3. The van der Waals surface area contributed by atoms with Gasteiger partial charge in [-0.2, -0.15) is 0 Å². The first-order chi connectivity index (χ1) is 12.1. The molecule has 0 saturated carbocycles. The predicted octanol–water partition coefficient (Wildman–Crippen LogP) is 4.99. The Morgan fingerprint density at radius 3 is 2.76 bits per heavy atom. The highest BCUT2D eigenvalue weighted by Crippen LogP contribution is 2.28. The van der Waals surface area contributed by atoms with Gasteiger partial charge in [-0.25, -0.2) is 4.98 Å². The van der Waals surface area contributed by atoms with Crippen LogP contribution >= 0.6 is 11.6 Å². The predicted molar refractivity (Wildman–Crippen MR) is 105 cm³/mol. The number of ether oxygens (including phenoxy) is 1. The first kappa shape index (κ1) is 17.9. The van der Waals surface area contributed by atoms with Crippen LogP contribution in [0.25, 0.3) is 22.2 Å². The van der Waals surface area contributed by atoms with Gasteiger partial charge in [0.15, 0.2) is 0 Å². The Morgan fingerprint density at radius 2 is 2.00 bits per heavy atom. The van der Waals surface area contributed by atoms with Crippen LogP contribution in [0.5, 0.6) is 0 Å². The summed E-state index contributed by atoms with van der Waals surface area (Å²) in [7, 11) is 1.72. The first-order valence-electron chi connectivity index (χ1n) is 8.45. The van der Waals surface area contributed by atoms with E-state index < -0.39 is 0 Å². The molecule has 25 heavy (non-hydrogen) atoms. The van der Waals surface area contributed by atoms with E-state index in [1.807, 2.05) is 18.2 Å². The van der Waals surface area contributed by atoms with Crippen molar-refractivity contribution < 1.29 is 4.74 Å². The minimum absolute atomic E-state index is 0.269. The molecule has 0 aliphatic heterocycles. The lowest BCUT2D eigenvalue weighted by molar-refractivity contribution is 0.171. The molecule has 1 atom stereocenters. The molecule has 3 rings (SSSR count). The number of aryl methyl sites for hydroxylation is 1. The largest absolute Gasteiger partial charge is 0.383 e. The van der Waals surface area contributed by atoms with Gasteiger partial charge < -0.3 is 10.1 Å². The van der Waals surface area contributed by atoms with E-state index in [0.29, 0.717) is 6.61 Å². The molecular formula is C21H23ClN2O. The van der Waals surface area contributed by atoms with E-state index in [2.05, 4.69) is 49.5 Å². The fourth-order valence-corrected chi connectivity index (χ4v) is 3.12. The Morgan fingerprint density at radius 1 is 1.16 bits per heavy atom. The number of methoxy groups -OCH3 is 1. The lowest BCUT2D eigenvalue weighted by Crippen LogP contribution is -2.29. The number of pyridine rings is 1.